The average Bonchev–Trinajstić information content (AvgIpc) is 2.62. The topological polar surface area (TPSA) is 58.2 Å². The largest absolute Gasteiger partial charge is 0.326 e. The van der Waals surface area contributed by atoms with Crippen LogP contribution in [0.4, 0.5) is 11.4 Å². The molecular formula is C24H32N2O2. The first-order chi connectivity index (χ1) is 13.4. The van der Waals surface area contributed by atoms with Crippen LogP contribution in [0.1, 0.15) is 61.8 Å². The van der Waals surface area contributed by atoms with Gasteiger partial charge in [0.05, 0.1) is 0 Å². The van der Waals surface area contributed by atoms with Crippen LogP contribution in [-0.2, 0) is 22.4 Å². The lowest BCUT2D eigenvalue weighted by atomic mass is 9.99. The molecule has 4 nitrogen and oxygen atoms in total. The van der Waals surface area contributed by atoms with Crippen LogP contribution in [0.5, 0.6) is 0 Å². The van der Waals surface area contributed by atoms with Crippen molar-refractivity contribution in [3.63, 3.8) is 0 Å². The summed E-state index contributed by atoms with van der Waals surface area (Å²) in [5.74, 6) is 0.106. The molecule has 0 spiro atoms. The summed E-state index contributed by atoms with van der Waals surface area (Å²) in [6.45, 7) is 8.06. The highest BCUT2D eigenvalue weighted by molar-refractivity contribution is 5.92. The van der Waals surface area contributed by atoms with Crippen LogP contribution in [-0.4, -0.2) is 11.8 Å². The number of carbonyl (C=O) groups is 2. The van der Waals surface area contributed by atoms with Gasteiger partial charge < -0.3 is 10.6 Å². The number of rotatable bonds is 9. The van der Waals surface area contributed by atoms with Crippen LogP contribution >= 0.6 is 0 Å². The zero-order valence-electron chi connectivity index (χ0n) is 17.5. The fraction of sp³-hybridized carbons (Fsp3) is 0.417. The third kappa shape index (κ3) is 6.52. The minimum absolute atomic E-state index is 0.0530. The van der Waals surface area contributed by atoms with E-state index in [1.165, 1.54) is 0 Å². The molecule has 0 atom stereocenters. The highest BCUT2D eigenvalue weighted by Crippen LogP contribution is 2.24. The Morgan fingerprint density at radius 3 is 1.46 bits per heavy atom. The fourth-order valence-corrected chi connectivity index (χ4v) is 3.20. The van der Waals surface area contributed by atoms with Gasteiger partial charge in [0.25, 0.3) is 0 Å². The van der Waals surface area contributed by atoms with E-state index in [9.17, 15) is 9.59 Å². The van der Waals surface area contributed by atoms with Crippen molar-refractivity contribution in [2.45, 2.75) is 66.2 Å². The van der Waals surface area contributed by atoms with Crippen molar-refractivity contribution in [3.8, 4) is 0 Å². The van der Waals surface area contributed by atoms with Crippen molar-refractivity contribution in [3.05, 3.63) is 58.7 Å². The summed E-state index contributed by atoms with van der Waals surface area (Å²) in [6.07, 6.45) is 4.30. The summed E-state index contributed by atoms with van der Waals surface area (Å²) in [5.41, 5.74) is 6.25. The van der Waals surface area contributed by atoms with Gasteiger partial charge in [-0.25, -0.2) is 0 Å². The Morgan fingerprint density at radius 1 is 0.714 bits per heavy atom. The van der Waals surface area contributed by atoms with Crippen LogP contribution in [0.2, 0.25) is 0 Å². The first-order valence-corrected chi connectivity index (χ1v) is 10.2. The maximum Gasteiger partial charge on any atom is 0.224 e. The zero-order chi connectivity index (χ0) is 20.5. The van der Waals surface area contributed by atoms with Crippen LogP contribution in [0.15, 0.2) is 36.4 Å². The number of hydrogen-bond acceptors (Lipinski definition) is 2. The van der Waals surface area contributed by atoms with Crippen LogP contribution < -0.4 is 10.6 Å². The highest BCUT2D eigenvalue weighted by Gasteiger charge is 2.10. The maximum atomic E-state index is 12.1. The van der Waals surface area contributed by atoms with E-state index in [-0.39, 0.29) is 11.8 Å². The lowest BCUT2D eigenvalue weighted by Crippen LogP contribution is -2.14. The van der Waals surface area contributed by atoms with Gasteiger partial charge in [-0.3, -0.25) is 9.59 Å². The van der Waals surface area contributed by atoms with E-state index in [1.54, 1.807) is 0 Å². The molecule has 2 aromatic carbocycles. The van der Waals surface area contributed by atoms with Gasteiger partial charge in [-0.2, -0.15) is 0 Å². The number of benzene rings is 2. The summed E-state index contributed by atoms with van der Waals surface area (Å²) in [4.78, 5) is 24.1. The van der Waals surface area contributed by atoms with Crippen molar-refractivity contribution in [1.82, 2.24) is 0 Å². The third-order valence-corrected chi connectivity index (χ3v) is 4.70. The zero-order valence-corrected chi connectivity index (χ0v) is 17.5. The molecule has 0 radical (unpaired) electrons. The van der Waals surface area contributed by atoms with Gasteiger partial charge in [0.1, 0.15) is 0 Å². The second-order valence-corrected chi connectivity index (χ2v) is 7.42. The second kappa shape index (κ2) is 10.6. The van der Waals surface area contributed by atoms with Crippen LogP contribution in [0, 0.1) is 13.8 Å². The quantitative estimate of drug-likeness (QED) is 0.598. The Hall–Kier alpha value is -2.62. The Labute approximate surface area is 168 Å². The van der Waals surface area contributed by atoms with E-state index in [0.717, 1.165) is 59.3 Å². The molecule has 0 heterocycles. The molecule has 0 aliphatic carbocycles. The van der Waals surface area contributed by atoms with Gasteiger partial charge in [0, 0.05) is 24.2 Å². The molecule has 0 aliphatic rings. The predicted octanol–water partition coefficient (Wildman–Crippen LogP) is 5.57. The van der Waals surface area contributed by atoms with Crippen molar-refractivity contribution in [2.75, 3.05) is 10.6 Å². The summed E-state index contributed by atoms with van der Waals surface area (Å²) < 4.78 is 0. The van der Waals surface area contributed by atoms with E-state index in [1.807, 2.05) is 39.8 Å². The molecular weight excluding hydrogens is 348 g/mol. The van der Waals surface area contributed by atoms with Gasteiger partial charge in [0.15, 0.2) is 0 Å². The first kappa shape index (κ1) is 21.7. The van der Waals surface area contributed by atoms with E-state index >= 15 is 0 Å². The number of amides is 2. The summed E-state index contributed by atoms with van der Waals surface area (Å²) >= 11 is 0. The van der Waals surface area contributed by atoms with Crippen LogP contribution in [0.25, 0.3) is 0 Å². The number of anilines is 2. The predicted molar refractivity (Wildman–Crippen MR) is 117 cm³/mol. The average molecular weight is 381 g/mol. The molecule has 0 bridgehead atoms. The molecule has 28 heavy (non-hydrogen) atoms. The number of carbonyl (C=O) groups excluding carboxylic acids is 2. The summed E-state index contributed by atoms with van der Waals surface area (Å²) in [5, 5.41) is 6.11. The van der Waals surface area contributed by atoms with Crippen molar-refractivity contribution in [2.24, 2.45) is 0 Å². The van der Waals surface area contributed by atoms with Crippen molar-refractivity contribution in [1.29, 1.82) is 0 Å². The molecule has 2 aromatic rings. The lowest BCUT2D eigenvalue weighted by molar-refractivity contribution is -0.117. The van der Waals surface area contributed by atoms with Crippen LogP contribution in [0.3, 0.4) is 0 Å². The molecule has 0 saturated carbocycles. The Bertz CT molecular complexity index is 758. The minimum Gasteiger partial charge on any atom is -0.326 e. The maximum absolute atomic E-state index is 12.1. The van der Waals surface area contributed by atoms with Gasteiger partial charge in [0.2, 0.25) is 11.8 Å². The van der Waals surface area contributed by atoms with Gasteiger partial charge >= 0.3 is 0 Å². The van der Waals surface area contributed by atoms with Gasteiger partial charge in [-0.05, 0) is 73.9 Å². The van der Waals surface area contributed by atoms with Gasteiger partial charge in [-0.1, -0.05) is 38.1 Å². The van der Waals surface area contributed by atoms with E-state index in [0.29, 0.717) is 12.8 Å². The van der Waals surface area contributed by atoms with E-state index in [4.69, 9.17) is 0 Å². The Balaban J connectivity index is 2.17. The lowest BCUT2D eigenvalue weighted by Gasteiger charge is -2.15. The standard InChI is InChI=1S/C24H32N2O2/c1-5-7-23(27)25-21-15-17(3)9-11-19(21)13-14-20-12-10-18(4)16-22(20)26-24(28)8-6-2/h9-12,15-16H,5-8,13-14H2,1-4H3,(H,25,27)(H,26,28). The van der Waals surface area contributed by atoms with Crippen molar-refractivity contribution >= 4 is 23.2 Å². The van der Waals surface area contributed by atoms with E-state index < -0.39 is 0 Å². The number of aryl methyl sites for hydroxylation is 4. The molecule has 0 aromatic heterocycles. The van der Waals surface area contributed by atoms with Gasteiger partial charge in [-0.15, -0.1) is 0 Å². The summed E-state index contributed by atoms with van der Waals surface area (Å²) in [6, 6.07) is 12.4. The Kier molecular flexibility index (Phi) is 8.24. The monoisotopic (exact) mass is 380 g/mol. The third-order valence-electron chi connectivity index (χ3n) is 4.70. The number of hydrogen-bond donors (Lipinski definition) is 2. The molecule has 4 heteroatoms. The smallest absolute Gasteiger partial charge is 0.224 e. The summed E-state index contributed by atoms with van der Waals surface area (Å²) in [7, 11) is 0. The fourth-order valence-electron chi connectivity index (χ4n) is 3.20. The molecule has 2 amide bonds. The molecule has 2 rings (SSSR count). The minimum atomic E-state index is 0.0530. The second-order valence-electron chi connectivity index (χ2n) is 7.42. The SMILES string of the molecule is CCCC(=O)Nc1cc(C)ccc1CCc1ccc(C)cc1NC(=O)CCC. The molecule has 0 aliphatic heterocycles. The number of nitrogens with one attached hydrogen (secondary N) is 2. The molecule has 0 unspecified atom stereocenters. The normalized spacial score (nSPS) is 10.6. The highest BCUT2D eigenvalue weighted by atomic mass is 16.2. The van der Waals surface area contributed by atoms with Crippen molar-refractivity contribution < 1.29 is 9.59 Å². The molecule has 150 valence electrons. The Morgan fingerprint density at radius 2 is 1.11 bits per heavy atom. The molecule has 0 saturated heterocycles. The first-order valence-electron chi connectivity index (χ1n) is 10.2. The molecule has 2 N–H and O–H groups in total. The molecule has 0 fully saturated rings. The van der Waals surface area contributed by atoms with E-state index in [2.05, 4.69) is 34.9 Å².